The van der Waals surface area contributed by atoms with Gasteiger partial charge in [-0.25, -0.2) is 0 Å². The van der Waals surface area contributed by atoms with Crippen LogP contribution in [0.4, 0.5) is 0 Å². The molecule has 0 heterocycles. The molecule has 1 N–H and O–H groups in total. The standard InChI is InChI=1S/C22H33NOS/c1-3-11-21(4-2)23-17-20(16-19-12-7-5-8-13-19)18-25(24)22-14-9-6-10-15-22/h5-7,9-10,12,14-15,20-21,23H,3-4,8,11,13,16-18H2,1-2H3/t20-,21?,25?/m0/s1. The first-order valence-corrected chi connectivity index (χ1v) is 11.1. The molecule has 0 spiro atoms. The first-order chi connectivity index (χ1) is 12.2. The number of benzene rings is 1. The fourth-order valence-electron chi connectivity index (χ4n) is 3.40. The molecule has 0 bridgehead atoms. The van der Waals surface area contributed by atoms with E-state index < -0.39 is 10.8 Å². The zero-order valence-corrected chi connectivity index (χ0v) is 16.6. The van der Waals surface area contributed by atoms with E-state index >= 15 is 0 Å². The van der Waals surface area contributed by atoms with Crippen molar-refractivity contribution in [3.05, 3.63) is 54.1 Å². The van der Waals surface area contributed by atoms with Gasteiger partial charge in [-0.05, 0) is 56.7 Å². The SMILES string of the molecule is CCCC(CC)NC[C@H](CC1=CC=CCC1)CS(=O)c1ccccc1. The molecular formula is C22H33NOS. The van der Waals surface area contributed by atoms with Gasteiger partial charge in [-0.15, -0.1) is 0 Å². The number of allylic oxidation sites excluding steroid dienone is 4. The van der Waals surface area contributed by atoms with Gasteiger partial charge < -0.3 is 5.32 Å². The van der Waals surface area contributed by atoms with Gasteiger partial charge in [0.1, 0.15) is 0 Å². The lowest BCUT2D eigenvalue weighted by Crippen LogP contribution is -2.35. The fourth-order valence-corrected chi connectivity index (χ4v) is 4.72. The van der Waals surface area contributed by atoms with Crippen molar-refractivity contribution in [2.45, 2.75) is 63.3 Å². The third-order valence-corrected chi connectivity index (χ3v) is 6.44. The quantitative estimate of drug-likeness (QED) is 0.585. The largest absolute Gasteiger partial charge is 0.314 e. The minimum Gasteiger partial charge on any atom is -0.314 e. The molecule has 1 aromatic carbocycles. The van der Waals surface area contributed by atoms with Crippen molar-refractivity contribution < 1.29 is 4.21 Å². The molecule has 0 saturated carbocycles. The molecule has 0 radical (unpaired) electrons. The second-order valence-electron chi connectivity index (χ2n) is 6.99. The maximum absolute atomic E-state index is 12.8. The Hall–Kier alpha value is -1.19. The third-order valence-electron chi connectivity index (χ3n) is 4.87. The normalized spacial score (nSPS) is 17.8. The maximum atomic E-state index is 12.8. The minimum atomic E-state index is -0.923. The Balaban J connectivity index is 1.98. The van der Waals surface area contributed by atoms with Gasteiger partial charge in [-0.3, -0.25) is 4.21 Å². The van der Waals surface area contributed by atoms with E-state index in [0.717, 1.165) is 42.9 Å². The second kappa shape index (κ2) is 11.4. The number of hydrogen-bond donors (Lipinski definition) is 1. The van der Waals surface area contributed by atoms with Crippen LogP contribution < -0.4 is 5.32 Å². The average molecular weight is 360 g/mol. The number of rotatable bonds is 11. The van der Waals surface area contributed by atoms with E-state index in [0.29, 0.717) is 12.0 Å². The van der Waals surface area contributed by atoms with Gasteiger partial charge in [-0.2, -0.15) is 0 Å². The van der Waals surface area contributed by atoms with Gasteiger partial charge in [-0.1, -0.05) is 62.3 Å². The lowest BCUT2D eigenvalue weighted by molar-refractivity contribution is 0.413. The molecule has 2 nitrogen and oxygen atoms in total. The summed E-state index contributed by atoms with van der Waals surface area (Å²) in [4.78, 5) is 0.950. The fraction of sp³-hybridized carbons (Fsp3) is 0.545. The van der Waals surface area contributed by atoms with E-state index in [1.165, 1.54) is 18.4 Å². The molecule has 2 rings (SSSR count). The molecule has 0 amide bonds. The van der Waals surface area contributed by atoms with Gasteiger partial charge in [0.25, 0.3) is 0 Å². The van der Waals surface area contributed by atoms with E-state index in [1.807, 2.05) is 30.3 Å². The third kappa shape index (κ3) is 7.29. The van der Waals surface area contributed by atoms with Crippen LogP contribution in [0.15, 0.2) is 59.0 Å². The topological polar surface area (TPSA) is 29.1 Å². The Labute approximate surface area is 156 Å². The molecule has 0 aliphatic heterocycles. The van der Waals surface area contributed by atoms with Gasteiger partial charge in [0, 0.05) is 16.7 Å². The monoisotopic (exact) mass is 359 g/mol. The van der Waals surface area contributed by atoms with E-state index in [4.69, 9.17) is 0 Å². The highest BCUT2D eigenvalue weighted by Gasteiger charge is 2.18. The van der Waals surface area contributed by atoms with Crippen molar-refractivity contribution in [2.75, 3.05) is 12.3 Å². The van der Waals surface area contributed by atoms with E-state index in [9.17, 15) is 4.21 Å². The van der Waals surface area contributed by atoms with Crippen LogP contribution in [0.25, 0.3) is 0 Å². The van der Waals surface area contributed by atoms with Gasteiger partial charge in [0.2, 0.25) is 0 Å². The summed E-state index contributed by atoms with van der Waals surface area (Å²) in [6.45, 7) is 5.45. The first-order valence-electron chi connectivity index (χ1n) is 9.74. The zero-order valence-electron chi connectivity index (χ0n) is 15.7. The average Bonchev–Trinajstić information content (AvgIpc) is 2.66. The van der Waals surface area contributed by atoms with Gasteiger partial charge in [0.15, 0.2) is 0 Å². The summed E-state index contributed by atoms with van der Waals surface area (Å²) in [6.07, 6.45) is 13.6. The molecule has 3 heteroatoms. The lowest BCUT2D eigenvalue weighted by Gasteiger charge is -2.23. The number of hydrogen-bond acceptors (Lipinski definition) is 2. The molecule has 0 saturated heterocycles. The Morgan fingerprint density at radius 1 is 1.20 bits per heavy atom. The first kappa shape index (κ1) is 20.1. The molecule has 0 aromatic heterocycles. The Morgan fingerprint density at radius 2 is 2.00 bits per heavy atom. The van der Waals surface area contributed by atoms with Gasteiger partial charge in [0.05, 0.1) is 10.8 Å². The lowest BCUT2D eigenvalue weighted by atomic mass is 9.94. The Bertz CT molecular complexity index is 579. The summed E-state index contributed by atoms with van der Waals surface area (Å²) in [5, 5.41) is 3.74. The van der Waals surface area contributed by atoms with Crippen LogP contribution >= 0.6 is 0 Å². The van der Waals surface area contributed by atoms with Crippen LogP contribution in [0.5, 0.6) is 0 Å². The highest BCUT2D eigenvalue weighted by molar-refractivity contribution is 7.85. The molecule has 1 aromatic rings. The van der Waals surface area contributed by atoms with Crippen molar-refractivity contribution >= 4 is 10.8 Å². The molecule has 1 aliphatic carbocycles. The van der Waals surface area contributed by atoms with Crippen molar-refractivity contribution in [1.82, 2.24) is 5.32 Å². The Kier molecular flexibility index (Phi) is 9.20. The van der Waals surface area contributed by atoms with Crippen LogP contribution in [0.1, 0.15) is 52.4 Å². The van der Waals surface area contributed by atoms with Gasteiger partial charge >= 0.3 is 0 Å². The summed E-state index contributed by atoms with van der Waals surface area (Å²) in [5.74, 6) is 1.16. The van der Waals surface area contributed by atoms with E-state index in [-0.39, 0.29) is 0 Å². The highest BCUT2D eigenvalue weighted by atomic mass is 32.2. The van der Waals surface area contributed by atoms with E-state index in [1.54, 1.807) is 0 Å². The predicted molar refractivity (Wildman–Crippen MR) is 109 cm³/mol. The molecule has 3 atom stereocenters. The molecular weight excluding hydrogens is 326 g/mol. The van der Waals surface area contributed by atoms with Crippen molar-refractivity contribution in [3.63, 3.8) is 0 Å². The maximum Gasteiger partial charge on any atom is 0.0532 e. The summed E-state index contributed by atoms with van der Waals surface area (Å²) in [7, 11) is -0.923. The molecule has 2 unspecified atom stereocenters. The van der Waals surface area contributed by atoms with E-state index in [2.05, 4.69) is 37.4 Å². The summed E-state index contributed by atoms with van der Waals surface area (Å²) >= 11 is 0. The molecule has 0 fully saturated rings. The van der Waals surface area contributed by atoms with Crippen molar-refractivity contribution in [3.8, 4) is 0 Å². The van der Waals surface area contributed by atoms with Crippen LogP contribution in [-0.4, -0.2) is 22.5 Å². The van der Waals surface area contributed by atoms with Crippen LogP contribution in [0.3, 0.4) is 0 Å². The Morgan fingerprint density at radius 3 is 2.64 bits per heavy atom. The van der Waals surface area contributed by atoms with Crippen LogP contribution in [0.2, 0.25) is 0 Å². The summed E-state index contributed by atoms with van der Waals surface area (Å²) in [5.41, 5.74) is 1.50. The predicted octanol–water partition coefficient (Wildman–Crippen LogP) is 5.25. The smallest absolute Gasteiger partial charge is 0.0532 e. The van der Waals surface area contributed by atoms with Crippen LogP contribution in [-0.2, 0) is 10.8 Å². The summed E-state index contributed by atoms with van der Waals surface area (Å²) in [6, 6.07) is 10.5. The van der Waals surface area contributed by atoms with Crippen molar-refractivity contribution in [2.24, 2.45) is 5.92 Å². The second-order valence-corrected chi connectivity index (χ2v) is 8.49. The highest BCUT2D eigenvalue weighted by Crippen LogP contribution is 2.22. The van der Waals surface area contributed by atoms with Crippen molar-refractivity contribution in [1.29, 1.82) is 0 Å². The summed E-state index contributed by atoms with van der Waals surface area (Å²) < 4.78 is 12.8. The zero-order chi connectivity index (χ0) is 17.9. The molecule has 25 heavy (non-hydrogen) atoms. The molecule has 1 aliphatic rings. The molecule has 138 valence electrons. The van der Waals surface area contributed by atoms with Crippen LogP contribution in [0, 0.1) is 5.92 Å². The minimum absolute atomic E-state index is 0.421. The number of nitrogens with one attached hydrogen (secondary N) is 1.